The van der Waals surface area contributed by atoms with Gasteiger partial charge in [-0.15, -0.1) is 0 Å². The quantitative estimate of drug-likeness (QED) is 0.225. The zero-order valence-corrected chi connectivity index (χ0v) is 19.7. The van der Waals surface area contributed by atoms with Crippen LogP contribution in [0, 0.1) is 0 Å². The summed E-state index contributed by atoms with van der Waals surface area (Å²) in [5, 5.41) is 5.00. The Labute approximate surface area is 213 Å². The fraction of sp³-hybridized carbons (Fsp3) is 0.0333. The van der Waals surface area contributed by atoms with Gasteiger partial charge in [0, 0.05) is 17.1 Å². The van der Waals surface area contributed by atoms with Gasteiger partial charge in [0.25, 0.3) is 5.91 Å². The van der Waals surface area contributed by atoms with Crippen molar-refractivity contribution in [2.75, 3.05) is 6.79 Å². The normalized spacial score (nSPS) is 12.5. The van der Waals surface area contributed by atoms with Gasteiger partial charge < -0.3 is 14.5 Å². The molecular weight excluding hydrogens is 464 g/mol. The van der Waals surface area contributed by atoms with E-state index in [2.05, 4.69) is 32.6 Å². The average Bonchev–Trinajstić information content (AvgIpc) is 3.57. The number of hydrogen-bond donors (Lipinski definition) is 2. The second-order valence-corrected chi connectivity index (χ2v) is 8.45. The molecule has 0 spiro atoms. The number of hydrogen-bond acceptors (Lipinski definition) is 5. The van der Waals surface area contributed by atoms with Crippen molar-refractivity contribution in [1.82, 2.24) is 10.4 Å². The highest BCUT2D eigenvalue weighted by molar-refractivity contribution is 6.08. The number of hydrazone groups is 1. The van der Waals surface area contributed by atoms with Crippen LogP contribution in [0.15, 0.2) is 107 Å². The number of carbonyl (C=O) groups is 1. The minimum atomic E-state index is -0.383. The number of amides is 1. The number of benzene rings is 4. The summed E-state index contributed by atoms with van der Waals surface area (Å²) in [5.41, 5.74) is 8.26. The van der Waals surface area contributed by atoms with Crippen LogP contribution in [0.25, 0.3) is 22.0 Å². The van der Waals surface area contributed by atoms with E-state index in [0.717, 1.165) is 33.2 Å². The number of ether oxygens (including phenoxy) is 2. The fourth-order valence-electron chi connectivity index (χ4n) is 4.17. The van der Waals surface area contributed by atoms with Crippen LogP contribution in [-0.4, -0.2) is 30.1 Å². The first-order chi connectivity index (χ1) is 18.2. The predicted octanol–water partition coefficient (Wildman–Crippen LogP) is 6.08. The van der Waals surface area contributed by atoms with Gasteiger partial charge in [0.1, 0.15) is 11.4 Å². The number of aliphatic imine (C=N–C) groups is 1. The number of nitrogens with zero attached hydrogens (tertiary/aromatic N) is 2. The molecule has 7 nitrogen and oxygen atoms in total. The van der Waals surface area contributed by atoms with Crippen LogP contribution in [0.3, 0.4) is 0 Å². The Morgan fingerprint density at radius 3 is 2.38 bits per heavy atom. The highest BCUT2D eigenvalue weighted by atomic mass is 16.7. The molecule has 0 aliphatic carbocycles. The van der Waals surface area contributed by atoms with Crippen molar-refractivity contribution < 1.29 is 14.3 Å². The molecule has 4 aromatic carbocycles. The zero-order valence-electron chi connectivity index (χ0n) is 19.7. The van der Waals surface area contributed by atoms with Gasteiger partial charge in [0.15, 0.2) is 11.5 Å². The Morgan fingerprint density at radius 1 is 0.784 bits per heavy atom. The molecule has 0 fully saturated rings. The number of rotatable bonds is 6. The van der Waals surface area contributed by atoms with E-state index < -0.39 is 0 Å². The molecule has 2 heterocycles. The van der Waals surface area contributed by atoms with Gasteiger partial charge in [0.2, 0.25) is 6.79 Å². The number of carbonyl (C=O) groups excluding carboxylic acids is 1. The van der Waals surface area contributed by atoms with E-state index in [1.54, 1.807) is 12.4 Å². The number of fused-ring (bicyclic) bond motifs is 2. The predicted molar refractivity (Wildman–Crippen MR) is 145 cm³/mol. The monoisotopic (exact) mass is 486 g/mol. The molecular formula is C30H22N4O3. The van der Waals surface area contributed by atoms with Gasteiger partial charge in [0.05, 0.1) is 6.21 Å². The second kappa shape index (κ2) is 9.83. The molecule has 0 saturated carbocycles. The maximum absolute atomic E-state index is 13.1. The second-order valence-electron chi connectivity index (χ2n) is 8.45. The molecule has 2 N–H and O–H groups in total. The molecule has 0 unspecified atom stereocenters. The molecule has 5 aromatic rings. The van der Waals surface area contributed by atoms with Crippen molar-refractivity contribution in [3.8, 4) is 22.6 Å². The van der Waals surface area contributed by atoms with E-state index in [-0.39, 0.29) is 12.7 Å². The van der Waals surface area contributed by atoms with E-state index in [4.69, 9.17) is 9.47 Å². The molecule has 1 aliphatic rings. The van der Waals surface area contributed by atoms with Gasteiger partial charge in [-0.25, -0.2) is 5.43 Å². The van der Waals surface area contributed by atoms with Crippen molar-refractivity contribution in [3.05, 3.63) is 114 Å². The van der Waals surface area contributed by atoms with Crippen LogP contribution < -0.4 is 14.9 Å². The number of aromatic amines is 1. The van der Waals surface area contributed by atoms with E-state index >= 15 is 0 Å². The Balaban J connectivity index is 1.21. The lowest BCUT2D eigenvalue weighted by Crippen LogP contribution is -2.18. The summed E-state index contributed by atoms with van der Waals surface area (Å²) in [7, 11) is 0. The first-order valence-electron chi connectivity index (χ1n) is 11.8. The largest absolute Gasteiger partial charge is 0.454 e. The molecule has 37 heavy (non-hydrogen) atoms. The lowest BCUT2D eigenvalue weighted by atomic mass is 10.0. The Kier molecular flexibility index (Phi) is 5.93. The Morgan fingerprint density at radius 2 is 1.51 bits per heavy atom. The lowest BCUT2D eigenvalue weighted by Gasteiger charge is -2.02. The Bertz CT molecular complexity index is 1640. The summed E-state index contributed by atoms with van der Waals surface area (Å²) in [6.45, 7) is 0.209. The topological polar surface area (TPSA) is 88.1 Å². The van der Waals surface area contributed by atoms with Crippen LogP contribution in [0.1, 0.15) is 21.6 Å². The van der Waals surface area contributed by atoms with Crippen LogP contribution in [0.4, 0.5) is 5.69 Å². The highest BCUT2D eigenvalue weighted by Crippen LogP contribution is 2.33. The Hall–Kier alpha value is -5.17. The number of nitrogens with one attached hydrogen (secondary N) is 2. The first-order valence-corrected chi connectivity index (χ1v) is 11.8. The van der Waals surface area contributed by atoms with Crippen molar-refractivity contribution in [2.45, 2.75) is 0 Å². The third-order valence-electron chi connectivity index (χ3n) is 6.04. The van der Waals surface area contributed by atoms with Crippen LogP contribution in [0.2, 0.25) is 0 Å². The first kappa shape index (κ1) is 22.3. The number of H-pyrrole nitrogens is 1. The van der Waals surface area contributed by atoms with E-state index in [1.165, 1.54) is 0 Å². The zero-order chi connectivity index (χ0) is 25.0. The summed E-state index contributed by atoms with van der Waals surface area (Å²) < 4.78 is 10.8. The highest BCUT2D eigenvalue weighted by Gasteiger charge is 2.17. The molecule has 180 valence electrons. The van der Waals surface area contributed by atoms with Crippen LogP contribution >= 0.6 is 0 Å². The van der Waals surface area contributed by atoms with Gasteiger partial charge in [-0.3, -0.25) is 9.79 Å². The lowest BCUT2D eigenvalue weighted by molar-refractivity contribution is 0.0951. The van der Waals surface area contributed by atoms with Crippen LogP contribution in [0.5, 0.6) is 11.5 Å². The van der Waals surface area contributed by atoms with Gasteiger partial charge in [-0.1, -0.05) is 72.8 Å². The van der Waals surface area contributed by atoms with Gasteiger partial charge >= 0.3 is 0 Å². The van der Waals surface area contributed by atoms with Crippen molar-refractivity contribution >= 4 is 34.9 Å². The van der Waals surface area contributed by atoms with E-state index in [1.807, 2.05) is 84.9 Å². The number of aromatic nitrogens is 1. The standard InChI is InChI=1S/C30H22N4O3/c35-30(34-32-18-20-10-13-23(14-11-20)22-6-2-1-3-7-22)29-28(24-8-4-5-9-25(24)33-29)31-17-21-12-15-26-27(16-21)37-19-36-26/h1-18,33H,19H2,(H,34,35)/b31-17?,32-18+. The third-order valence-corrected chi connectivity index (χ3v) is 6.04. The minimum absolute atomic E-state index is 0.209. The summed E-state index contributed by atoms with van der Waals surface area (Å²) >= 11 is 0. The summed E-state index contributed by atoms with van der Waals surface area (Å²) in [6.07, 6.45) is 3.32. The number of para-hydroxylation sites is 1. The molecule has 6 rings (SSSR count). The van der Waals surface area contributed by atoms with Crippen molar-refractivity contribution in [1.29, 1.82) is 0 Å². The van der Waals surface area contributed by atoms with Gasteiger partial charge in [-0.05, 0) is 46.5 Å². The average molecular weight is 487 g/mol. The molecule has 0 radical (unpaired) electrons. The minimum Gasteiger partial charge on any atom is -0.454 e. The summed E-state index contributed by atoms with van der Waals surface area (Å²) in [5.74, 6) is 0.995. The molecule has 1 aliphatic heterocycles. The molecule has 1 amide bonds. The molecule has 7 heteroatoms. The molecule has 1 aromatic heterocycles. The maximum Gasteiger partial charge on any atom is 0.290 e. The molecule has 0 bridgehead atoms. The third kappa shape index (κ3) is 4.70. The fourth-order valence-corrected chi connectivity index (χ4v) is 4.17. The van der Waals surface area contributed by atoms with Crippen molar-refractivity contribution in [2.24, 2.45) is 10.1 Å². The SMILES string of the molecule is O=C(N/N=C/c1ccc(-c2ccccc2)cc1)c1[nH]c2ccccc2c1N=Cc1ccc2c(c1)OCO2. The molecule has 0 saturated heterocycles. The summed E-state index contributed by atoms with van der Waals surface area (Å²) in [4.78, 5) is 20.9. The summed E-state index contributed by atoms with van der Waals surface area (Å²) in [6, 6.07) is 31.4. The van der Waals surface area contributed by atoms with E-state index in [0.29, 0.717) is 22.9 Å². The smallest absolute Gasteiger partial charge is 0.290 e. The van der Waals surface area contributed by atoms with Crippen LogP contribution in [-0.2, 0) is 0 Å². The van der Waals surface area contributed by atoms with Crippen molar-refractivity contribution in [3.63, 3.8) is 0 Å². The maximum atomic E-state index is 13.1. The van der Waals surface area contributed by atoms with E-state index in [9.17, 15) is 4.79 Å². The molecule has 0 atom stereocenters. The van der Waals surface area contributed by atoms with Gasteiger partial charge in [-0.2, -0.15) is 5.10 Å².